The van der Waals surface area contributed by atoms with E-state index in [9.17, 15) is 5.26 Å². The van der Waals surface area contributed by atoms with E-state index in [1.807, 2.05) is 44.2 Å². The number of fused-ring (bicyclic) bond motifs is 1. The molecule has 6 nitrogen and oxygen atoms in total. The number of hydrogen-bond acceptors (Lipinski definition) is 6. The lowest BCUT2D eigenvalue weighted by Crippen LogP contribution is -2.39. The summed E-state index contributed by atoms with van der Waals surface area (Å²) < 4.78 is 10.9. The largest absolute Gasteiger partial charge is 0.497 e. The van der Waals surface area contributed by atoms with Gasteiger partial charge in [0.1, 0.15) is 23.2 Å². The van der Waals surface area contributed by atoms with Crippen LogP contribution in [0.2, 0.25) is 0 Å². The van der Waals surface area contributed by atoms with Gasteiger partial charge in [-0.3, -0.25) is 0 Å². The predicted molar refractivity (Wildman–Crippen MR) is 87.8 cm³/mol. The third-order valence-electron chi connectivity index (χ3n) is 3.79. The average Bonchev–Trinajstić information content (AvgIpc) is 2.54. The standard InChI is InChI=1S/C17H18N4O2/c1-17(2)8-13-14(9-18)16(19)21(20-15(13)10-23-17)11-4-6-12(22-3)7-5-11/h4-8H,10,19H2,1-3H3. The van der Waals surface area contributed by atoms with Crippen molar-refractivity contribution in [2.24, 2.45) is 10.8 Å². The summed E-state index contributed by atoms with van der Waals surface area (Å²) in [6.07, 6.45) is 1.89. The molecule has 0 unspecified atom stereocenters. The highest BCUT2D eigenvalue weighted by Gasteiger charge is 2.33. The van der Waals surface area contributed by atoms with Crippen LogP contribution in [0.25, 0.3) is 0 Å². The molecule has 6 heteroatoms. The van der Waals surface area contributed by atoms with E-state index in [0.29, 0.717) is 23.7 Å². The van der Waals surface area contributed by atoms with Gasteiger partial charge in [-0.05, 0) is 44.2 Å². The molecule has 2 aliphatic rings. The molecule has 2 N–H and O–H groups in total. The Kier molecular flexibility index (Phi) is 3.58. The van der Waals surface area contributed by atoms with Crippen LogP contribution in [-0.4, -0.2) is 25.0 Å². The van der Waals surface area contributed by atoms with Gasteiger partial charge >= 0.3 is 0 Å². The van der Waals surface area contributed by atoms with Crippen molar-refractivity contribution in [3.8, 4) is 11.8 Å². The first kappa shape index (κ1) is 15.1. The summed E-state index contributed by atoms with van der Waals surface area (Å²) in [5.41, 5.74) is 8.38. The Hall–Kier alpha value is -2.78. The molecule has 118 valence electrons. The van der Waals surface area contributed by atoms with Crippen LogP contribution in [0.1, 0.15) is 13.8 Å². The first-order valence-corrected chi connectivity index (χ1v) is 7.24. The fraction of sp³-hybridized carbons (Fsp3) is 0.294. The van der Waals surface area contributed by atoms with E-state index in [0.717, 1.165) is 17.0 Å². The van der Waals surface area contributed by atoms with E-state index in [1.165, 1.54) is 0 Å². The molecule has 0 saturated heterocycles. The van der Waals surface area contributed by atoms with Gasteiger partial charge in [-0.2, -0.15) is 10.4 Å². The van der Waals surface area contributed by atoms with Gasteiger partial charge in [0.05, 0.1) is 30.7 Å². The summed E-state index contributed by atoms with van der Waals surface area (Å²) in [6.45, 7) is 4.22. The highest BCUT2D eigenvalue weighted by Crippen LogP contribution is 2.33. The number of hydrogen-bond donors (Lipinski definition) is 1. The van der Waals surface area contributed by atoms with Gasteiger partial charge in [-0.1, -0.05) is 0 Å². The Labute approximate surface area is 135 Å². The molecule has 2 aliphatic heterocycles. The molecule has 0 fully saturated rings. The lowest BCUT2D eigenvalue weighted by atomic mass is 9.92. The van der Waals surface area contributed by atoms with Crippen LogP contribution in [0.15, 0.2) is 52.4 Å². The zero-order chi connectivity index (χ0) is 16.6. The molecule has 0 spiro atoms. The van der Waals surface area contributed by atoms with Crippen LogP contribution in [-0.2, 0) is 4.74 Å². The zero-order valence-electron chi connectivity index (χ0n) is 13.3. The monoisotopic (exact) mass is 310 g/mol. The lowest BCUT2D eigenvalue weighted by molar-refractivity contribution is 0.0409. The van der Waals surface area contributed by atoms with E-state index in [2.05, 4.69) is 11.2 Å². The number of rotatable bonds is 2. The molecule has 1 aromatic rings. The normalized spacial score (nSPS) is 19.5. The molecule has 23 heavy (non-hydrogen) atoms. The number of hydrazone groups is 1. The minimum atomic E-state index is -0.445. The number of ether oxygens (including phenoxy) is 2. The molecular formula is C17H18N4O2. The summed E-state index contributed by atoms with van der Waals surface area (Å²) in [5, 5.41) is 15.7. The summed E-state index contributed by atoms with van der Waals surface area (Å²) in [5.74, 6) is 1.05. The molecule has 1 aromatic carbocycles. The molecule has 0 aromatic heterocycles. The van der Waals surface area contributed by atoms with Crippen LogP contribution >= 0.6 is 0 Å². The van der Waals surface area contributed by atoms with Crippen LogP contribution in [0.3, 0.4) is 0 Å². The Morgan fingerprint density at radius 3 is 2.65 bits per heavy atom. The van der Waals surface area contributed by atoms with E-state index in [4.69, 9.17) is 15.2 Å². The SMILES string of the molecule is COc1ccc(N2N=C3COC(C)(C)C=C3C(C#N)=C2N)cc1. The Balaban J connectivity index is 2.07. The van der Waals surface area contributed by atoms with Crippen molar-refractivity contribution in [3.05, 3.63) is 47.3 Å². The predicted octanol–water partition coefficient (Wildman–Crippen LogP) is 2.30. The first-order chi connectivity index (χ1) is 10.9. The van der Waals surface area contributed by atoms with Crippen molar-refractivity contribution in [1.29, 1.82) is 5.26 Å². The van der Waals surface area contributed by atoms with Crippen LogP contribution in [0.4, 0.5) is 5.69 Å². The van der Waals surface area contributed by atoms with Crippen molar-refractivity contribution in [3.63, 3.8) is 0 Å². The lowest BCUT2D eigenvalue weighted by Gasteiger charge is -2.34. The van der Waals surface area contributed by atoms with Gasteiger partial charge in [0.15, 0.2) is 0 Å². The highest BCUT2D eigenvalue weighted by atomic mass is 16.5. The first-order valence-electron chi connectivity index (χ1n) is 7.24. The second-order valence-corrected chi connectivity index (χ2v) is 5.88. The quantitative estimate of drug-likeness (QED) is 0.906. The number of allylic oxidation sites excluding steroid dienone is 1. The number of nitriles is 1. The molecular weight excluding hydrogens is 292 g/mol. The maximum absolute atomic E-state index is 9.55. The molecule has 3 rings (SSSR count). The van der Waals surface area contributed by atoms with Crippen molar-refractivity contribution in [1.82, 2.24) is 0 Å². The third-order valence-corrected chi connectivity index (χ3v) is 3.79. The van der Waals surface area contributed by atoms with Gasteiger partial charge in [0.2, 0.25) is 0 Å². The van der Waals surface area contributed by atoms with Crippen LogP contribution < -0.4 is 15.5 Å². The Bertz CT molecular complexity index is 767. The molecule has 0 atom stereocenters. The fourth-order valence-corrected chi connectivity index (χ4v) is 2.56. The summed E-state index contributed by atoms with van der Waals surface area (Å²) in [7, 11) is 1.61. The maximum atomic E-state index is 9.55. The zero-order valence-corrected chi connectivity index (χ0v) is 13.3. The van der Waals surface area contributed by atoms with Crippen LogP contribution in [0.5, 0.6) is 5.75 Å². The van der Waals surface area contributed by atoms with Crippen LogP contribution in [0, 0.1) is 11.3 Å². The van der Waals surface area contributed by atoms with E-state index in [1.54, 1.807) is 12.1 Å². The average molecular weight is 310 g/mol. The topological polar surface area (TPSA) is 83.9 Å². The van der Waals surface area contributed by atoms with E-state index >= 15 is 0 Å². The summed E-state index contributed by atoms with van der Waals surface area (Å²) in [4.78, 5) is 0. The van der Waals surface area contributed by atoms with E-state index in [-0.39, 0.29) is 0 Å². The Morgan fingerprint density at radius 2 is 2.04 bits per heavy atom. The number of nitrogens with two attached hydrogens (primary N) is 1. The molecule has 0 aliphatic carbocycles. The number of benzene rings is 1. The van der Waals surface area contributed by atoms with Gasteiger partial charge in [0.25, 0.3) is 0 Å². The summed E-state index contributed by atoms with van der Waals surface area (Å²) in [6, 6.07) is 9.52. The number of methoxy groups -OCH3 is 1. The number of anilines is 1. The maximum Gasteiger partial charge on any atom is 0.144 e. The second-order valence-electron chi connectivity index (χ2n) is 5.88. The fourth-order valence-electron chi connectivity index (χ4n) is 2.56. The van der Waals surface area contributed by atoms with Crippen molar-refractivity contribution >= 4 is 11.4 Å². The highest BCUT2D eigenvalue weighted by molar-refractivity contribution is 6.08. The smallest absolute Gasteiger partial charge is 0.144 e. The minimum Gasteiger partial charge on any atom is -0.497 e. The molecule has 2 heterocycles. The second kappa shape index (κ2) is 5.45. The van der Waals surface area contributed by atoms with Gasteiger partial charge < -0.3 is 15.2 Å². The molecule has 0 amide bonds. The Morgan fingerprint density at radius 1 is 1.35 bits per heavy atom. The van der Waals surface area contributed by atoms with Crippen molar-refractivity contribution < 1.29 is 9.47 Å². The minimum absolute atomic E-state index is 0.311. The summed E-state index contributed by atoms with van der Waals surface area (Å²) >= 11 is 0. The molecule has 0 radical (unpaired) electrons. The van der Waals surface area contributed by atoms with Gasteiger partial charge in [0, 0.05) is 5.57 Å². The van der Waals surface area contributed by atoms with Crippen molar-refractivity contribution in [2.75, 3.05) is 18.7 Å². The molecule has 0 saturated carbocycles. The third kappa shape index (κ3) is 2.67. The van der Waals surface area contributed by atoms with Gasteiger partial charge in [-0.15, -0.1) is 0 Å². The van der Waals surface area contributed by atoms with E-state index < -0.39 is 5.60 Å². The van der Waals surface area contributed by atoms with Crippen molar-refractivity contribution in [2.45, 2.75) is 19.4 Å². The van der Waals surface area contributed by atoms with Gasteiger partial charge in [-0.25, -0.2) is 5.01 Å². The number of nitrogens with zero attached hydrogens (tertiary/aromatic N) is 3. The molecule has 0 bridgehead atoms.